The summed E-state index contributed by atoms with van der Waals surface area (Å²) in [6, 6.07) is 132. The molecule has 0 aliphatic carbocycles. The minimum atomic E-state index is -0.474. The van der Waals surface area contributed by atoms with Gasteiger partial charge in [0.25, 0.3) is 0 Å². The van der Waals surface area contributed by atoms with Gasteiger partial charge < -0.3 is 34.7 Å². The summed E-state index contributed by atoms with van der Waals surface area (Å²) in [4.78, 5) is 49.3. The Morgan fingerprint density at radius 2 is 0.603 bits per heavy atom. The van der Waals surface area contributed by atoms with Crippen LogP contribution in [0.5, 0.6) is 0 Å². The summed E-state index contributed by atoms with van der Waals surface area (Å²) < 4.78 is 30.1. The van der Waals surface area contributed by atoms with Crippen LogP contribution in [0, 0.1) is 7.43 Å². The van der Waals surface area contributed by atoms with E-state index in [1.165, 1.54) is 27.1 Å². The van der Waals surface area contributed by atoms with Crippen molar-refractivity contribution in [2.45, 2.75) is 38.9 Å². The van der Waals surface area contributed by atoms with E-state index in [0.29, 0.717) is 40.8 Å². The van der Waals surface area contributed by atoms with Crippen molar-refractivity contribution in [1.29, 1.82) is 0 Å². The summed E-state index contributed by atoms with van der Waals surface area (Å²) in [5.41, 5.74) is 21.7. The van der Waals surface area contributed by atoms with Crippen molar-refractivity contribution in [3.63, 3.8) is 0 Å². The van der Waals surface area contributed by atoms with Gasteiger partial charge in [-0.05, 0) is 142 Å². The van der Waals surface area contributed by atoms with Crippen LogP contribution in [-0.4, -0.2) is 77.3 Å². The molecule has 24 aromatic rings. The zero-order chi connectivity index (χ0) is 87.1. The number of benzene rings is 16. The molecule has 0 amide bonds. The molecule has 1 aliphatic heterocycles. The highest BCUT2D eigenvalue weighted by molar-refractivity contribution is 6.62. The zero-order valence-electron chi connectivity index (χ0n) is 71.9. The number of halogens is 1. The fourth-order valence-electron chi connectivity index (χ4n) is 17.8. The minimum Gasteiger partial charge on any atom is -0.456 e. The average molecular weight is 1720 g/mol. The summed E-state index contributed by atoms with van der Waals surface area (Å²) >= 11 is 6.26. The SMILES string of the molecule is CC1(C)OB(c2ccc3oc4cccc(-c5nc(-c6ccccc6)nc(-c6ccccc6)n5)c4c3c2)OC1(C)C.Clc1nc(-c2ccc3c4ccccc4n(-c4ccccc4)c3c2)c2ccccc2n1.[CH3-].c1ccc(-c2nc(-c3ccccc3)nc(-c3cccc4oc5ccc(-c6nc(-c7ccc8c9ccccc9n(-c9ccccc9)c8c7)c7ccccc7n6)cc5c34)n2)cc1. The quantitative estimate of drug-likeness (QED) is 0.0639. The summed E-state index contributed by atoms with van der Waals surface area (Å²) in [6.45, 7) is 8.25. The highest BCUT2D eigenvalue weighted by Gasteiger charge is 2.52. The fourth-order valence-corrected chi connectivity index (χ4v) is 18.0. The molecule has 0 N–H and O–H groups in total. The van der Waals surface area contributed by atoms with Gasteiger partial charge in [-0.25, -0.2) is 49.8 Å². The van der Waals surface area contributed by atoms with Crippen LogP contribution in [0.4, 0.5) is 0 Å². The lowest BCUT2D eigenvalue weighted by Gasteiger charge is -2.32. The lowest BCUT2D eigenvalue weighted by atomic mass is 9.78. The van der Waals surface area contributed by atoms with Gasteiger partial charge in [0.15, 0.2) is 40.8 Å². The molecule has 25 rings (SSSR count). The molecule has 0 bridgehead atoms. The lowest BCUT2D eigenvalue weighted by Crippen LogP contribution is -2.41. The first-order valence-electron chi connectivity index (χ1n) is 43.2. The van der Waals surface area contributed by atoms with Crippen LogP contribution in [0.15, 0.2) is 397 Å². The first-order chi connectivity index (χ1) is 63.8. The Balaban J connectivity index is 0.000000122. The van der Waals surface area contributed by atoms with Crippen LogP contribution in [0.2, 0.25) is 5.28 Å². The molecule has 1 aliphatic rings. The third-order valence-electron chi connectivity index (χ3n) is 24.8. The molecule has 0 unspecified atom stereocenters. The standard InChI is InChI=1S/C53H32N6O.C33H28BN3O3.C26H16ClN3.CH3/c1-4-15-33(16-5-1)50-56-51(34-17-6-2-7-18-34)58-53(57-50)41-23-14-26-47-48(41)42-31-36(28-30-46(42)60-47)52-54-43-24-12-10-22-40(43)49(55-52)35-27-29-39-38-21-11-13-25-44(38)59(45(39)32-35)37-19-8-3-9-20-37;1-32(2)33(3,4)40-34(39-32)23-18-19-26-25(20-23)28-24(16-11-17-27(28)38-26)31-36-29(21-12-7-5-8-13-21)35-30(37-31)22-14-9-6-10-15-22;27-26-28-22-12-6-4-11-21(22)25(29-26)17-14-15-20-19-10-5-7-13-23(19)30(24(20)16-17)18-8-2-1-3-9-18;/h1-32H;5-20H,1-4H3;1-16H;1H3/q;;;-1. The second-order valence-corrected chi connectivity index (χ2v) is 33.6. The van der Waals surface area contributed by atoms with E-state index in [1.807, 2.05) is 218 Å². The molecule has 18 heteroatoms. The summed E-state index contributed by atoms with van der Waals surface area (Å²) in [7, 11) is -0.474. The maximum Gasteiger partial charge on any atom is 0.494 e. The fraction of sp³-hybridized carbons (Fsp3) is 0.0531. The summed E-state index contributed by atoms with van der Waals surface area (Å²) in [5.74, 6) is 4.21. The predicted octanol–water partition coefficient (Wildman–Crippen LogP) is 27.7. The lowest BCUT2D eigenvalue weighted by molar-refractivity contribution is 0.00578. The van der Waals surface area contributed by atoms with Crippen molar-refractivity contribution in [3.8, 4) is 114 Å². The molecule has 1 fully saturated rings. The van der Waals surface area contributed by atoms with Crippen molar-refractivity contribution < 1.29 is 18.1 Å². The molecule has 131 heavy (non-hydrogen) atoms. The van der Waals surface area contributed by atoms with Crippen molar-refractivity contribution in [2.75, 3.05) is 0 Å². The van der Waals surface area contributed by atoms with Gasteiger partial charge in [-0.3, -0.25) is 0 Å². The Hall–Kier alpha value is -16.3. The monoisotopic (exact) mass is 1710 g/mol. The van der Waals surface area contributed by atoms with E-state index < -0.39 is 18.3 Å². The van der Waals surface area contributed by atoms with Crippen molar-refractivity contribution in [3.05, 3.63) is 401 Å². The maximum absolute atomic E-state index is 6.50. The molecular weight excluding hydrogens is 1640 g/mol. The Kier molecular flexibility index (Phi) is 20.4. The molecule has 0 saturated carbocycles. The maximum atomic E-state index is 6.50. The number of hydrogen-bond acceptors (Lipinski definition) is 14. The number of hydrogen-bond donors (Lipinski definition) is 0. The minimum absolute atomic E-state index is 0. The molecule has 8 aromatic heterocycles. The van der Waals surface area contributed by atoms with E-state index >= 15 is 0 Å². The van der Waals surface area contributed by atoms with Crippen molar-refractivity contribution in [1.82, 2.24) is 59.0 Å². The Morgan fingerprint density at radius 1 is 0.252 bits per heavy atom. The molecule has 0 atom stereocenters. The van der Waals surface area contributed by atoms with Gasteiger partial charge in [0.2, 0.25) is 5.28 Å². The van der Waals surface area contributed by atoms with Gasteiger partial charge in [-0.15, -0.1) is 0 Å². The normalized spacial score (nSPS) is 12.9. The van der Waals surface area contributed by atoms with Crippen molar-refractivity contribution in [2.24, 2.45) is 0 Å². The Morgan fingerprint density at radius 3 is 1.05 bits per heavy atom. The van der Waals surface area contributed by atoms with E-state index in [-0.39, 0.29) is 12.7 Å². The second-order valence-electron chi connectivity index (χ2n) is 33.3. The molecule has 16 aromatic carbocycles. The Labute approximate surface area is 759 Å². The number of furan rings is 2. The third kappa shape index (κ3) is 14.7. The molecule has 9 heterocycles. The van der Waals surface area contributed by atoms with Crippen LogP contribution in [0.3, 0.4) is 0 Å². The predicted molar refractivity (Wildman–Crippen MR) is 532 cm³/mol. The first-order valence-corrected chi connectivity index (χ1v) is 43.6. The molecule has 626 valence electrons. The number of para-hydroxylation sites is 6. The molecular formula is C113H79BClN12O4-. The number of rotatable bonds is 12. The van der Waals surface area contributed by atoms with Gasteiger partial charge >= 0.3 is 7.12 Å². The third-order valence-corrected chi connectivity index (χ3v) is 24.9. The molecule has 0 radical (unpaired) electrons. The zero-order valence-corrected chi connectivity index (χ0v) is 72.7. The van der Waals surface area contributed by atoms with E-state index in [9.17, 15) is 0 Å². The summed E-state index contributed by atoms with van der Waals surface area (Å²) in [5, 5.41) is 10.8. The molecule has 16 nitrogen and oxygen atoms in total. The van der Waals surface area contributed by atoms with E-state index in [0.717, 1.165) is 161 Å². The van der Waals surface area contributed by atoms with Gasteiger partial charge in [0.1, 0.15) is 22.3 Å². The molecule has 1 saturated heterocycles. The van der Waals surface area contributed by atoms with Gasteiger partial charge in [0, 0.05) is 115 Å². The largest absolute Gasteiger partial charge is 0.494 e. The summed E-state index contributed by atoms with van der Waals surface area (Å²) in [6.07, 6.45) is 0. The number of aromatic nitrogens is 12. The van der Waals surface area contributed by atoms with Gasteiger partial charge in [0.05, 0.1) is 55.7 Å². The van der Waals surface area contributed by atoms with Gasteiger partial charge in [-0.1, -0.05) is 291 Å². The van der Waals surface area contributed by atoms with E-state index in [4.69, 9.17) is 69.6 Å². The molecule has 0 spiro atoms. The van der Waals surface area contributed by atoms with Crippen LogP contribution >= 0.6 is 11.6 Å². The number of fused-ring (bicyclic) bond motifs is 14. The van der Waals surface area contributed by atoms with Crippen LogP contribution in [-0.2, 0) is 9.31 Å². The second kappa shape index (κ2) is 33.2. The smallest absolute Gasteiger partial charge is 0.456 e. The average Bonchev–Trinajstić information content (AvgIpc) is 1.59. The van der Waals surface area contributed by atoms with E-state index in [2.05, 4.69) is 217 Å². The highest BCUT2D eigenvalue weighted by Crippen LogP contribution is 2.45. The van der Waals surface area contributed by atoms with E-state index in [1.54, 1.807) is 0 Å². The van der Waals surface area contributed by atoms with Crippen molar-refractivity contribution >= 4 is 133 Å². The number of nitrogens with zero attached hydrogens (tertiary/aromatic N) is 12. The first kappa shape index (κ1) is 80.5. The highest BCUT2D eigenvalue weighted by atomic mass is 35.5. The van der Waals surface area contributed by atoms with Crippen LogP contribution in [0.25, 0.3) is 223 Å². The van der Waals surface area contributed by atoms with Gasteiger partial charge in [-0.2, -0.15) is 0 Å². The Bertz CT molecular complexity index is 8400. The van der Waals surface area contributed by atoms with Crippen LogP contribution in [0.1, 0.15) is 27.7 Å². The van der Waals surface area contributed by atoms with Crippen LogP contribution < -0.4 is 5.46 Å². The topological polar surface area (TPSA) is 184 Å².